The fourth-order valence-corrected chi connectivity index (χ4v) is 3.77. The van der Waals surface area contributed by atoms with Gasteiger partial charge in [-0.15, -0.1) is 6.58 Å². The van der Waals surface area contributed by atoms with Gasteiger partial charge in [0, 0.05) is 12.7 Å². The van der Waals surface area contributed by atoms with Gasteiger partial charge in [-0.25, -0.2) is 9.98 Å². The SMILES string of the molecule is C=CCN1C(=O)/C(=C/c2ccc(OCCCC)c(OC)c2)S/C1=N/c1ccccn1. The van der Waals surface area contributed by atoms with Crippen LogP contribution in [-0.4, -0.2) is 41.2 Å². The van der Waals surface area contributed by atoms with Crippen molar-refractivity contribution in [1.29, 1.82) is 0 Å². The molecule has 2 heterocycles. The topological polar surface area (TPSA) is 64.0 Å². The lowest BCUT2D eigenvalue weighted by atomic mass is 10.2. The standard InChI is InChI=1S/C23H25N3O3S/c1-4-6-14-29-18-11-10-17(15-19(18)28-3)16-20-22(27)26(13-5-2)23(30-20)25-21-9-7-8-12-24-21/h5,7-12,15-16H,2,4,6,13-14H2,1,3H3/b20-16-,25-23+. The van der Waals surface area contributed by atoms with E-state index in [1.807, 2.05) is 36.4 Å². The highest BCUT2D eigenvalue weighted by Gasteiger charge is 2.32. The van der Waals surface area contributed by atoms with E-state index in [4.69, 9.17) is 9.47 Å². The Bertz CT molecular complexity index is 957. The predicted molar refractivity (Wildman–Crippen MR) is 122 cm³/mol. The van der Waals surface area contributed by atoms with Crippen LogP contribution in [0.1, 0.15) is 25.3 Å². The van der Waals surface area contributed by atoms with Crippen LogP contribution in [0.5, 0.6) is 11.5 Å². The molecule has 0 spiro atoms. The largest absolute Gasteiger partial charge is 0.493 e. The number of carbonyl (C=O) groups excluding carboxylic acids is 1. The van der Waals surface area contributed by atoms with Gasteiger partial charge in [-0.3, -0.25) is 9.69 Å². The number of amidine groups is 1. The second kappa shape index (κ2) is 10.6. The van der Waals surface area contributed by atoms with Crippen LogP contribution in [0.4, 0.5) is 5.82 Å². The molecule has 1 fully saturated rings. The van der Waals surface area contributed by atoms with Gasteiger partial charge in [0.25, 0.3) is 5.91 Å². The number of thioether (sulfide) groups is 1. The molecular formula is C23H25N3O3S. The molecular weight excluding hydrogens is 398 g/mol. The zero-order valence-electron chi connectivity index (χ0n) is 17.2. The van der Waals surface area contributed by atoms with Crippen LogP contribution in [0.15, 0.2) is 65.1 Å². The van der Waals surface area contributed by atoms with Gasteiger partial charge in [0.1, 0.15) is 0 Å². The number of ether oxygens (including phenoxy) is 2. The Kier molecular flexibility index (Phi) is 7.68. The van der Waals surface area contributed by atoms with E-state index >= 15 is 0 Å². The molecule has 3 rings (SSSR count). The Morgan fingerprint density at radius 2 is 2.13 bits per heavy atom. The number of methoxy groups -OCH3 is 1. The zero-order valence-corrected chi connectivity index (χ0v) is 18.0. The van der Waals surface area contributed by atoms with Crippen molar-refractivity contribution in [3.63, 3.8) is 0 Å². The summed E-state index contributed by atoms with van der Waals surface area (Å²) in [7, 11) is 1.61. The molecule has 156 valence electrons. The molecule has 0 N–H and O–H groups in total. The van der Waals surface area contributed by atoms with Gasteiger partial charge in [-0.2, -0.15) is 0 Å². The van der Waals surface area contributed by atoms with Crippen LogP contribution in [0.25, 0.3) is 6.08 Å². The van der Waals surface area contributed by atoms with Crippen molar-refractivity contribution in [2.24, 2.45) is 4.99 Å². The predicted octanol–water partition coefficient (Wildman–Crippen LogP) is 5.06. The number of benzene rings is 1. The van der Waals surface area contributed by atoms with E-state index in [2.05, 4.69) is 23.5 Å². The number of hydrogen-bond donors (Lipinski definition) is 0. The summed E-state index contributed by atoms with van der Waals surface area (Å²) < 4.78 is 11.2. The first-order chi connectivity index (χ1) is 14.7. The summed E-state index contributed by atoms with van der Waals surface area (Å²) >= 11 is 1.32. The summed E-state index contributed by atoms with van der Waals surface area (Å²) in [6, 6.07) is 11.1. The molecule has 1 amide bonds. The minimum absolute atomic E-state index is 0.114. The van der Waals surface area contributed by atoms with Gasteiger partial charge in [0.2, 0.25) is 0 Å². The lowest BCUT2D eigenvalue weighted by Gasteiger charge is -2.12. The van der Waals surface area contributed by atoms with E-state index in [-0.39, 0.29) is 5.91 Å². The fraction of sp³-hybridized carbons (Fsp3) is 0.261. The van der Waals surface area contributed by atoms with Gasteiger partial charge in [-0.05, 0) is 54.1 Å². The molecule has 0 aliphatic carbocycles. The monoisotopic (exact) mass is 423 g/mol. The number of aliphatic imine (C=N–C) groups is 1. The molecule has 30 heavy (non-hydrogen) atoms. The molecule has 6 nitrogen and oxygen atoms in total. The molecule has 0 bridgehead atoms. The Morgan fingerprint density at radius 1 is 1.27 bits per heavy atom. The summed E-state index contributed by atoms with van der Waals surface area (Å²) in [5, 5.41) is 0.580. The molecule has 1 aromatic carbocycles. The van der Waals surface area contributed by atoms with Crippen molar-refractivity contribution < 1.29 is 14.3 Å². The Morgan fingerprint density at radius 3 is 2.83 bits per heavy atom. The van der Waals surface area contributed by atoms with E-state index in [1.54, 1.807) is 30.3 Å². The number of pyridine rings is 1. The lowest BCUT2D eigenvalue weighted by molar-refractivity contribution is -0.121. The van der Waals surface area contributed by atoms with Crippen LogP contribution in [0.3, 0.4) is 0 Å². The minimum atomic E-state index is -0.114. The molecule has 1 aromatic heterocycles. The smallest absolute Gasteiger partial charge is 0.267 e. The number of carbonyl (C=O) groups is 1. The average Bonchev–Trinajstić information content (AvgIpc) is 3.04. The van der Waals surface area contributed by atoms with Crippen molar-refractivity contribution in [3.05, 3.63) is 65.7 Å². The molecule has 1 saturated heterocycles. The number of aromatic nitrogens is 1. The second-order valence-corrected chi connectivity index (χ2v) is 7.52. The summed E-state index contributed by atoms with van der Waals surface area (Å²) in [6.07, 6.45) is 7.24. The maximum Gasteiger partial charge on any atom is 0.267 e. The van der Waals surface area contributed by atoms with Gasteiger partial charge in [0.05, 0.1) is 18.6 Å². The third-order valence-electron chi connectivity index (χ3n) is 4.30. The second-order valence-electron chi connectivity index (χ2n) is 6.51. The van der Waals surface area contributed by atoms with Crippen LogP contribution < -0.4 is 9.47 Å². The molecule has 0 unspecified atom stereocenters. The Hall–Kier alpha value is -3.06. The highest BCUT2D eigenvalue weighted by Crippen LogP contribution is 2.35. The molecule has 0 radical (unpaired) electrons. The van der Waals surface area contributed by atoms with Crippen LogP contribution >= 0.6 is 11.8 Å². The maximum absolute atomic E-state index is 12.9. The molecule has 1 aliphatic rings. The van der Waals surface area contributed by atoms with Gasteiger partial charge in [0.15, 0.2) is 22.5 Å². The van der Waals surface area contributed by atoms with Crippen molar-refractivity contribution in [2.75, 3.05) is 20.3 Å². The van der Waals surface area contributed by atoms with Crippen molar-refractivity contribution in [2.45, 2.75) is 19.8 Å². The summed E-state index contributed by atoms with van der Waals surface area (Å²) in [5.41, 5.74) is 0.850. The zero-order chi connectivity index (χ0) is 21.3. The highest BCUT2D eigenvalue weighted by atomic mass is 32.2. The Balaban J connectivity index is 1.86. The van der Waals surface area contributed by atoms with E-state index in [1.165, 1.54) is 11.8 Å². The summed E-state index contributed by atoms with van der Waals surface area (Å²) in [5.74, 6) is 1.78. The molecule has 1 aliphatic heterocycles. The van der Waals surface area contributed by atoms with Crippen LogP contribution in [0, 0.1) is 0 Å². The number of nitrogens with zero attached hydrogens (tertiary/aromatic N) is 3. The van der Waals surface area contributed by atoms with Crippen LogP contribution in [-0.2, 0) is 4.79 Å². The third kappa shape index (κ3) is 5.30. The first kappa shape index (κ1) is 21.6. The first-order valence-corrected chi connectivity index (χ1v) is 10.6. The maximum atomic E-state index is 12.9. The summed E-state index contributed by atoms with van der Waals surface area (Å²) in [4.78, 5) is 23.8. The molecule has 0 atom stereocenters. The quantitative estimate of drug-likeness (QED) is 0.320. The number of hydrogen-bond acceptors (Lipinski definition) is 6. The first-order valence-electron chi connectivity index (χ1n) is 9.79. The highest BCUT2D eigenvalue weighted by molar-refractivity contribution is 8.18. The number of amides is 1. The van der Waals surface area contributed by atoms with Gasteiger partial charge in [-0.1, -0.05) is 31.6 Å². The number of unbranched alkanes of at least 4 members (excludes halogenated alkanes) is 1. The molecule has 2 aromatic rings. The van der Waals surface area contributed by atoms with E-state index in [9.17, 15) is 4.79 Å². The summed E-state index contributed by atoms with van der Waals surface area (Å²) in [6.45, 7) is 6.89. The van der Waals surface area contributed by atoms with Crippen molar-refractivity contribution in [1.82, 2.24) is 9.88 Å². The van der Waals surface area contributed by atoms with E-state index in [0.29, 0.717) is 40.5 Å². The molecule has 0 saturated carbocycles. The Labute approximate surface area is 181 Å². The average molecular weight is 424 g/mol. The van der Waals surface area contributed by atoms with E-state index in [0.717, 1.165) is 18.4 Å². The molecule has 7 heteroatoms. The van der Waals surface area contributed by atoms with Crippen molar-refractivity contribution in [3.8, 4) is 11.5 Å². The van der Waals surface area contributed by atoms with Crippen molar-refractivity contribution >= 4 is 34.7 Å². The normalized spacial score (nSPS) is 16.3. The minimum Gasteiger partial charge on any atom is -0.493 e. The van der Waals surface area contributed by atoms with Gasteiger partial charge >= 0.3 is 0 Å². The fourth-order valence-electron chi connectivity index (χ4n) is 2.77. The van der Waals surface area contributed by atoms with Crippen LogP contribution in [0.2, 0.25) is 0 Å². The van der Waals surface area contributed by atoms with E-state index < -0.39 is 0 Å². The van der Waals surface area contributed by atoms with Gasteiger partial charge < -0.3 is 9.47 Å². The lowest BCUT2D eigenvalue weighted by Crippen LogP contribution is -2.29. The third-order valence-corrected chi connectivity index (χ3v) is 5.31. The number of rotatable bonds is 9.